The van der Waals surface area contributed by atoms with E-state index in [1.54, 1.807) is 0 Å². The average Bonchev–Trinajstić information content (AvgIpc) is 3.03. The van der Waals surface area contributed by atoms with E-state index < -0.39 is 11.5 Å². The fourth-order valence-electron chi connectivity index (χ4n) is 4.22. The van der Waals surface area contributed by atoms with Gasteiger partial charge in [0.15, 0.2) is 0 Å². The molecule has 0 aliphatic heterocycles. The quantitative estimate of drug-likeness (QED) is 0.414. The summed E-state index contributed by atoms with van der Waals surface area (Å²) < 4.78 is 0. The molecule has 2 fully saturated rings. The van der Waals surface area contributed by atoms with Crippen LogP contribution >= 0.6 is 0 Å². The number of amides is 1. The molecule has 2 aliphatic rings. The Morgan fingerprint density at radius 3 is 2.59 bits per heavy atom. The van der Waals surface area contributed by atoms with Gasteiger partial charge in [0.1, 0.15) is 5.78 Å². The van der Waals surface area contributed by atoms with E-state index in [-0.39, 0.29) is 18.3 Å². The molecule has 1 aromatic carbocycles. The topological polar surface area (TPSA) is 83.8 Å². The molecule has 0 radical (unpaired) electrons. The molecule has 2 atom stereocenters. The van der Waals surface area contributed by atoms with Crippen molar-refractivity contribution in [3.05, 3.63) is 52.5 Å². The highest BCUT2D eigenvalue weighted by Gasteiger charge is 2.37. The van der Waals surface area contributed by atoms with Crippen LogP contribution in [0.5, 0.6) is 0 Å². The van der Waals surface area contributed by atoms with Gasteiger partial charge in [-0.1, -0.05) is 36.4 Å². The predicted molar refractivity (Wildman–Crippen MR) is 103 cm³/mol. The van der Waals surface area contributed by atoms with Gasteiger partial charge in [0.05, 0.1) is 5.60 Å². The lowest BCUT2D eigenvalue weighted by molar-refractivity contribution is -0.120. The molecule has 1 N–H and O–H groups in total. The lowest BCUT2D eigenvalue weighted by Crippen LogP contribution is -2.33. The molecule has 3 rings (SSSR count). The number of hydrogen-bond acceptors (Lipinski definition) is 4. The molecule has 1 unspecified atom stereocenters. The van der Waals surface area contributed by atoms with E-state index in [4.69, 9.17) is 0 Å². The van der Waals surface area contributed by atoms with E-state index in [0.29, 0.717) is 31.5 Å². The third kappa shape index (κ3) is 4.59. The van der Waals surface area contributed by atoms with Crippen molar-refractivity contribution in [3.63, 3.8) is 0 Å². The number of nitrogens with zero attached hydrogens (tertiary/aromatic N) is 1. The van der Waals surface area contributed by atoms with Crippen molar-refractivity contribution in [3.8, 4) is 0 Å². The fourth-order valence-corrected chi connectivity index (χ4v) is 4.22. The fraction of sp³-hybridized carbons (Fsp3) is 0.545. The number of unbranched alkanes of at least 4 members (excludes halogenated alkanes) is 1. The van der Waals surface area contributed by atoms with Crippen LogP contribution in [0.25, 0.3) is 0 Å². The first kappa shape index (κ1) is 19.6. The van der Waals surface area contributed by atoms with Gasteiger partial charge in [-0.2, -0.15) is 0 Å². The van der Waals surface area contributed by atoms with Crippen molar-refractivity contribution in [2.75, 3.05) is 0 Å². The Balaban J connectivity index is 1.56. The monoisotopic (exact) mass is 369 g/mol. The first-order valence-corrected chi connectivity index (χ1v) is 9.90. The maximum Gasteiger partial charge on any atom is 0.286 e. The first-order valence-electron chi connectivity index (χ1n) is 9.90. The van der Waals surface area contributed by atoms with Gasteiger partial charge in [-0.05, 0) is 62.0 Å². The first-order chi connectivity index (χ1) is 13.0. The van der Waals surface area contributed by atoms with E-state index in [1.165, 1.54) is 5.56 Å². The second-order valence-electron chi connectivity index (χ2n) is 7.81. The largest absolute Gasteiger partial charge is 0.385 e. The zero-order valence-corrected chi connectivity index (χ0v) is 15.6. The minimum atomic E-state index is -0.646. The van der Waals surface area contributed by atoms with Gasteiger partial charge in [0.25, 0.3) is 5.91 Å². The maximum atomic E-state index is 12.3. The number of allylic oxidation sites excluding steroid dienone is 2. The molecule has 1 aromatic rings. The summed E-state index contributed by atoms with van der Waals surface area (Å²) in [6, 6.07) is 8.18. The highest BCUT2D eigenvalue weighted by atomic mass is 16.3. The summed E-state index contributed by atoms with van der Waals surface area (Å²) in [7, 11) is 0. The van der Waals surface area contributed by atoms with Crippen molar-refractivity contribution < 1.29 is 14.7 Å². The summed E-state index contributed by atoms with van der Waals surface area (Å²) in [6.45, 7) is 0. The number of carbonyl (C=O) groups excluding carboxylic acids is 2. The molecule has 27 heavy (non-hydrogen) atoms. The number of rotatable bonds is 8. The van der Waals surface area contributed by atoms with Gasteiger partial charge in [-0.15, -0.1) is 4.91 Å². The van der Waals surface area contributed by atoms with Crippen molar-refractivity contribution in [1.82, 2.24) is 0 Å². The molecule has 0 saturated heterocycles. The van der Waals surface area contributed by atoms with Crippen molar-refractivity contribution >= 4 is 11.7 Å². The highest BCUT2D eigenvalue weighted by molar-refractivity contribution is 5.84. The standard InChI is InChI=1S/C22H27NO4/c24-20-13-12-18(19(20)6-3-1-2-4-7-21(25)23-27)16-8-10-17(11-9-16)22(26)14-5-15-22/h1,3,8-11,18-19,26H,2,4-7,12-15H2/b3-1-/t18?,19-/m1/s1. The van der Waals surface area contributed by atoms with E-state index in [9.17, 15) is 19.6 Å². The average molecular weight is 369 g/mol. The van der Waals surface area contributed by atoms with Crippen LogP contribution in [0.15, 0.2) is 41.6 Å². The summed E-state index contributed by atoms with van der Waals surface area (Å²) >= 11 is 0. The molecule has 2 aliphatic carbocycles. The predicted octanol–water partition coefficient (Wildman–Crippen LogP) is 4.53. The van der Waals surface area contributed by atoms with Gasteiger partial charge >= 0.3 is 0 Å². The molecule has 144 valence electrons. The third-order valence-electron chi connectivity index (χ3n) is 6.08. The lowest BCUT2D eigenvalue weighted by Gasteiger charge is -2.37. The van der Waals surface area contributed by atoms with Crippen LogP contribution in [-0.2, 0) is 15.2 Å². The molecular formula is C22H27NO4. The Bertz CT molecular complexity index is 718. The molecule has 0 aromatic heterocycles. The summed E-state index contributed by atoms with van der Waals surface area (Å²) in [5.41, 5.74) is 1.51. The van der Waals surface area contributed by atoms with Crippen LogP contribution in [0.3, 0.4) is 0 Å². The number of nitroso groups, excluding NO2 is 1. The number of hydrogen-bond donors (Lipinski definition) is 1. The normalized spacial score (nSPS) is 24.1. The second kappa shape index (κ2) is 8.70. The minimum absolute atomic E-state index is 0.00263. The van der Waals surface area contributed by atoms with Crippen molar-refractivity contribution in [1.29, 1.82) is 0 Å². The Labute approximate surface area is 159 Å². The number of carbonyl (C=O) groups is 2. The Hall–Kier alpha value is -2.14. The van der Waals surface area contributed by atoms with Crippen LogP contribution in [0.2, 0.25) is 0 Å². The summed E-state index contributed by atoms with van der Waals surface area (Å²) in [5.74, 6) is -0.0682. The van der Waals surface area contributed by atoms with Crippen LogP contribution in [-0.4, -0.2) is 16.8 Å². The zero-order chi connectivity index (χ0) is 19.3. The summed E-state index contributed by atoms with van der Waals surface area (Å²) in [5, 5.41) is 12.8. The van der Waals surface area contributed by atoms with Crippen molar-refractivity contribution in [2.24, 2.45) is 11.1 Å². The summed E-state index contributed by atoms with van der Waals surface area (Å²) in [6.07, 6.45) is 10.4. The molecule has 1 amide bonds. The minimum Gasteiger partial charge on any atom is -0.385 e. The van der Waals surface area contributed by atoms with Crippen LogP contribution < -0.4 is 0 Å². The van der Waals surface area contributed by atoms with Gasteiger partial charge in [-0.3, -0.25) is 9.59 Å². The molecule has 0 heterocycles. The van der Waals surface area contributed by atoms with Crippen LogP contribution in [0.1, 0.15) is 74.8 Å². The highest BCUT2D eigenvalue weighted by Crippen LogP contribution is 2.43. The van der Waals surface area contributed by atoms with Crippen LogP contribution in [0, 0.1) is 10.8 Å². The molecule has 2 saturated carbocycles. The number of benzene rings is 1. The van der Waals surface area contributed by atoms with E-state index in [2.05, 4.69) is 17.3 Å². The lowest BCUT2D eigenvalue weighted by atomic mass is 9.74. The second-order valence-corrected chi connectivity index (χ2v) is 7.81. The zero-order valence-electron chi connectivity index (χ0n) is 15.6. The Morgan fingerprint density at radius 1 is 1.22 bits per heavy atom. The van der Waals surface area contributed by atoms with Gasteiger partial charge in [0.2, 0.25) is 0 Å². The molecular weight excluding hydrogens is 342 g/mol. The number of Topliss-reactive ketones (excluding diaryl/α,β-unsaturated/α-hetero) is 1. The molecule has 5 heteroatoms. The van der Waals surface area contributed by atoms with Crippen LogP contribution in [0.4, 0.5) is 0 Å². The maximum absolute atomic E-state index is 12.3. The van der Waals surface area contributed by atoms with Gasteiger partial charge < -0.3 is 5.11 Å². The van der Waals surface area contributed by atoms with Gasteiger partial charge in [0, 0.05) is 23.9 Å². The molecule has 0 spiro atoms. The van der Waals surface area contributed by atoms with E-state index in [1.807, 2.05) is 24.3 Å². The smallest absolute Gasteiger partial charge is 0.286 e. The number of ketones is 1. The van der Waals surface area contributed by atoms with Crippen molar-refractivity contribution in [2.45, 2.75) is 69.3 Å². The molecule has 5 nitrogen and oxygen atoms in total. The van der Waals surface area contributed by atoms with E-state index in [0.717, 1.165) is 31.2 Å². The Kier molecular flexibility index (Phi) is 6.32. The Morgan fingerprint density at radius 2 is 1.96 bits per heavy atom. The third-order valence-corrected chi connectivity index (χ3v) is 6.08. The SMILES string of the molecule is O=NC(=O)CCC/C=C\C[C@H]1C(=O)CCC1c1ccc(C2(O)CCC2)cc1. The summed E-state index contributed by atoms with van der Waals surface area (Å²) in [4.78, 5) is 33.2. The molecule has 0 bridgehead atoms. The number of aliphatic hydroxyl groups is 1. The van der Waals surface area contributed by atoms with E-state index >= 15 is 0 Å². The van der Waals surface area contributed by atoms with Gasteiger partial charge in [-0.25, -0.2) is 0 Å².